The molecule has 0 saturated heterocycles. The van der Waals surface area contributed by atoms with Crippen LogP contribution >= 0.6 is 0 Å². The zero-order chi connectivity index (χ0) is 14.6. The van der Waals surface area contributed by atoms with Crippen LogP contribution in [0, 0.1) is 12.8 Å². The fourth-order valence-corrected chi connectivity index (χ4v) is 3.36. The second-order valence-electron chi connectivity index (χ2n) is 4.96. The van der Waals surface area contributed by atoms with E-state index >= 15 is 0 Å². The SMILES string of the molecule is CCC(C)C(C)NS(=O)(=O)c1n[nH]c(C)c1CNC. The average molecular weight is 288 g/mol. The molecule has 0 amide bonds. The third kappa shape index (κ3) is 3.77. The first-order valence-electron chi connectivity index (χ1n) is 6.54. The van der Waals surface area contributed by atoms with Crippen molar-refractivity contribution in [2.75, 3.05) is 7.05 Å². The highest BCUT2D eigenvalue weighted by atomic mass is 32.2. The van der Waals surface area contributed by atoms with E-state index in [0.29, 0.717) is 12.1 Å². The van der Waals surface area contributed by atoms with Gasteiger partial charge >= 0.3 is 0 Å². The number of H-pyrrole nitrogens is 1. The molecule has 0 radical (unpaired) electrons. The van der Waals surface area contributed by atoms with Crippen LogP contribution in [0.25, 0.3) is 0 Å². The van der Waals surface area contributed by atoms with E-state index in [0.717, 1.165) is 12.1 Å². The van der Waals surface area contributed by atoms with E-state index in [4.69, 9.17) is 0 Å². The molecule has 0 aliphatic carbocycles. The summed E-state index contributed by atoms with van der Waals surface area (Å²) in [7, 11) is -1.80. The highest BCUT2D eigenvalue weighted by Crippen LogP contribution is 2.17. The molecule has 0 spiro atoms. The lowest BCUT2D eigenvalue weighted by Gasteiger charge is -2.19. The van der Waals surface area contributed by atoms with Crippen molar-refractivity contribution in [3.63, 3.8) is 0 Å². The second-order valence-corrected chi connectivity index (χ2v) is 6.59. The summed E-state index contributed by atoms with van der Waals surface area (Å²) in [4.78, 5) is 0. The fourth-order valence-electron chi connectivity index (χ4n) is 1.81. The molecule has 0 saturated carbocycles. The Morgan fingerprint density at radius 3 is 2.53 bits per heavy atom. The van der Waals surface area contributed by atoms with E-state index < -0.39 is 10.0 Å². The Kier molecular flexibility index (Phi) is 5.51. The third-order valence-electron chi connectivity index (χ3n) is 3.48. The van der Waals surface area contributed by atoms with Crippen molar-refractivity contribution < 1.29 is 8.42 Å². The molecule has 6 nitrogen and oxygen atoms in total. The van der Waals surface area contributed by atoms with Gasteiger partial charge in [0, 0.05) is 23.8 Å². The molecular weight excluding hydrogens is 264 g/mol. The Morgan fingerprint density at radius 1 is 1.37 bits per heavy atom. The van der Waals surface area contributed by atoms with Gasteiger partial charge in [-0.1, -0.05) is 20.3 Å². The first-order valence-corrected chi connectivity index (χ1v) is 8.02. The Bertz CT molecular complexity index is 510. The molecule has 7 heteroatoms. The van der Waals surface area contributed by atoms with Crippen molar-refractivity contribution in [3.05, 3.63) is 11.3 Å². The van der Waals surface area contributed by atoms with E-state index in [9.17, 15) is 8.42 Å². The number of hydrogen-bond acceptors (Lipinski definition) is 4. The van der Waals surface area contributed by atoms with E-state index in [2.05, 4.69) is 20.2 Å². The molecule has 110 valence electrons. The summed E-state index contributed by atoms with van der Waals surface area (Å²) >= 11 is 0. The van der Waals surface area contributed by atoms with Gasteiger partial charge in [0.1, 0.15) is 0 Å². The van der Waals surface area contributed by atoms with Crippen molar-refractivity contribution in [2.45, 2.75) is 51.7 Å². The molecular formula is C12H24N4O2S. The van der Waals surface area contributed by atoms with Crippen molar-refractivity contribution in [1.82, 2.24) is 20.2 Å². The van der Waals surface area contributed by atoms with Gasteiger partial charge in [-0.25, -0.2) is 13.1 Å². The van der Waals surface area contributed by atoms with Gasteiger partial charge in [-0.15, -0.1) is 0 Å². The topological polar surface area (TPSA) is 86.9 Å². The first-order chi connectivity index (χ1) is 8.83. The van der Waals surface area contributed by atoms with Crippen LogP contribution in [0.1, 0.15) is 38.4 Å². The normalized spacial score (nSPS) is 15.4. The Hall–Kier alpha value is -0.920. The quantitative estimate of drug-likeness (QED) is 0.702. The highest BCUT2D eigenvalue weighted by Gasteiger charge is 2.26. The van der Waals surface area contributed by atoms with E-state index in [1.165, 1.54) is 0 Å². The molecule has 19 heavy (non-hydrogen) atoms. The fraction of sp³-hybridized carbons (Fsp3) is 0.750. The van der Waals surface area contributed by atoms with E-state index in [1.807, 2.05) is 27.7 Å². The monoisotopic (exact) mass is 288 g/mol. The number of aryl methyl sites for hydroxylation is 1. The standard InChI is InChI=1S/C12H24N4O2S/c1-6-8(2)9(3)16-19(17,18)12-11(7-13-5)10(4)14-15-12/h8-9,13,16H,6-7H2,1-5H3,(H,14,15). The maximum absolute atomic E-state index is 12.4. The zero-order valence-electron chi connectivity index (χ0n) is 12.2. The van der Waals surface area contributed by atoms with Crippen molar-refractivity contribution >= 4 is 10.0 Å². The summed E-state index contributed by atoms with van der Waals surface area (Å²) in [6.45, 7) is 8.23. The lowest BCUT2D eigenvalue weighted by molar-refractivity contribution is 0.433. The summed E-state index contributed by atoms with van der Waals surface area (Å²) < 4.78 is 27.4. The third-order valence-corrected chi connectivity index (χ3v) is 5.01. The van der Waals surface area contributed by atoms with Gasteiger partial charge in [-0.2, -0.15) is 5.10 Å². The molecule has 0 bridgehead atoms. The molecule has 1 aromatic heterocycles. The zero-order valence-corrected chi connectivity index (χ0v) is 13.1. The molecule has 1 rings (SSSR count). The number of nitrogens with zero attached hydrogens (tertiary/aromatic N) is 1. The number of sulfonamides is 1. The maximum Gasteiger partial charge on any atom is 0.260 e. The molecule has 3 N–H and O–H groups in total. The number of rotatable bonds is 7. The van der Waals surface area contributed by atoms with Crippen LogP contribution < -0.4 is 10.0 Å². The van der Waals surface area contributed by atoms with Gasteiger partial charge in [-0.3, -0.25) is 5.10 Å². The second kappa shape index (κ2) is 6.49. The predicted octanol–water partition coefficient (Wildman–Crippen LogP) is 1.15. The molecule has 1 aromatic rings. The summed E-state index contributed by atoms with van der Waals surface area (Å²) in [5, 5.41) is 9.71. The van der Waals surface area contributed by atoms with Crippen LogP contribution in [0.15, 0.2) is 5.03 Å². The van der Waals surface area contributed by atoms with Crippen LogP contribution in [0.4, 0.5) is 0 Å². The molecule has 0 fully saturated rings. The van der Waals surface area contributed by atoms with Gasteiger partial charge < -0.3 is 5.32 Å². The van der Waals surface area contributed by atoms with Crippen molar-refractivity contribution in [2.24, 2.45) is 5.92 Å². The minimum absolute atomic E-state index is 0.0921. The van der Waals surface area contributed by atoms with Gasteiger partial charge in [0.2, 0.25) is 0 Å². The Balaban J connectivity index is 3.01. The van der Waals surface area contributed by atoms with E-state index in [-0.39, 0.29) is 17.0 Å². The summed E-state index contributed by atoms with van der Waals surface area (Å²) in [5.41, 5.74) is 1.46. The van der Waals surface area contributed by atoms with Crippen molar-refractivity contribution in [1.29, 1.82) is 0 Å². The van der Waals surface area contributed by atoms with Crippen LogP contribution in [-0.4, -0.2) is 31.7 Å². The molecule has 2 atom stereocenters. The summed E-state index contributed by atoms with van der Waals surface area (Å²) in [6, 6.07) is -0.116. The van der Waals surface area contributed by atoms with Gasteiger partial charge in [0.25, 0.3) is 10.0 Å². The van der Waals surface area contributed by atoms with Gasteiger partial charge in [-0.05, 0) is 26.8 Å². The summed E-state index contributed by atoms with van der Waals surface area (Å²) in [6.07, 6.45) is 0.923. The van der Waals surface area contributed by atoms with Crippen LogP contribution in [-0.2, 0) is 16.6 Å². The highest BCUT2D eigenvalue weighted by molar-refractivity contribution is 7.89. The van der Waals surface area contributed by atoms with Crippen LogP contribution in [0.3, 0.4) is 0 Å². The first kappa shape index (κ1) is 16.1. The Labute approximate surface area is 115 Å². The molecule has 0 aliphatic heterocycles. The molecule has 2 unspecified atom stereocenters. The van der Waals surface area contributed by atoms with Crippen LogP contribution in [0.5, 0.6) is 0 Å². The number of nitrogens with one attached hydrogen (secondary N) is 3. The lowest BCUT2D eigenvalue weighted by atomic mass is 10.0. The van der Waals surface area contributed by atoms with Crippen molar-refractivity contribution in [3.8, 4) is 0 Å². The minimum Gasteiger partial charge on any atom is -0.316 e. The van der Waals surface area contributed by atoms with Gasteiger partial charge in [0.15, 0.2) is 5.03 Å². The minimum atomic E-state index is -3.58. The smallest absolute Gasteiger partial charge is 0.260 e. The van der Waals surface area contributed by atoms with Crippen LogP contribution in [0.2, 0.25) is 0 Å². The molecule has 0 aromatic carbocycles. The number of hydrogen-bond donors (Lipinski definition) is 3. The molecule has 1 heterocycles. The largest absolute Gasteiger partial charge is 0.316 e. The summed E-state index contributed by atoms with van der Waals surface area (Å²) in [5.74, 6) is 0.280. The number of aromatic nitrogens is 2. The predicted molar refractivity (Wildman–Crippen MR) is 75.3 cm³/mol. The van der Waals surface area contributed by atoms with E-state index in [1.54, 1.807) is 7.05 Å². The lowest BCUT2D eigenvalue weighted by Crippen LogP contribution is -2.37. The maximum atomic E-state index is 12.4. The molecule has 0 aliphatic rings. The number of aromatic amines is 1. The average Bonchev–Trinajstić information content (AvgIpc) is 2.71. The van der Waals surface area contributed by atoms with Gasteiger partial charge in [0.05, 0.1) is 0 Å². The Morgan fingerprint density at radius 2 is 2.00 bits per heavy atom.